The lowest BCUT2D eigenvalue weighted by molar-refractivity contribution is 0.100. The number of fused-ring (bicyclic) bond motifs is 2. The van der Waals surface area contributed by atoms with Crippen LogP contribution in [0.25, 0.3) is 10.2 Å². The lowest BCUT2D eigenvalue weighted by atomic mass is 9.84. The molecule has 1 aromatic carbocycles. The van der Waals surface area contributed by atoms with E-state index in [1.54, 1.807) is 11.8 Å². The van der Waals surface area contributed by atoms with Crippen LogP contribution in [-0.2, 0) is 6.42 Å². The first kappa shape index (κ1) is 18.7. The number of thioether (sulfide) groups is 2. The van der Waals surface area contributed by atoms with Crippen LogP contribution in [0.3, 0.4) is 0 Å². The number of nitrogens with two attached hydrogens (primary N) is 2. The third-order valence-corrected chi connectivity index (χ3v) is 8.21. The van der Waals surface area contributed by atoms with Gasteiger partial charge in [0.1, 0.15) is 14.7 Å². The van der Waals surface area contributed by atoms with E-state index in [9.17, 15) is 4.79 Å². The average molecular weight is 416 g/mol. The van der Waals surface area contributed by atoms with Gasteiger partial charge in [-0.3, -0.25) is 4.79 Å². The lowest BCUT2D eigenvalue weighted by Crippen LogP contribution is -2.14. The topological polar surface area (TPSA) is 82.0 Å². The molecule has 0 saturated carbocycles. The molecular formula is C20H21N3OS3. The van der Waals surface area contributed by atoms with Crippen molar-refractivity contribution in [3.05, 3.63) is 45.8 Å². The monoisotopic (exact) mass is 415 g/mol. The highest BCUT2D eigenvalue weighted by Crippen LogP contribution is 2.53. The fraction of sp³-hybridized carbons (Fsp3) is 0.300. The van der Waals surface area contributed by atoms with E-state index in [1.165, 1.54) is 32.9 Å². The molecule has 0 bridgehead atoms. The Hall–Kier alpha value is -1.70. The summed E-state index contributed by atoms with van der Waals surface area (Å²) in [5.41, 5.74) is 16.3. The van der Waals surface area contributed by atoms with Crippen LogP contribution in [0.4, 0.5) is 5.69 Å². The van der Waals surface area contributed by atoms with Crippen LogP contribution >= 0.6 is 34.9 Å². The fourth-order valence-corrected chi connectivity index (χ4v) is 7.00. The summed E-state index contributed by atoms with van der Waals surface area (Å²) in [6.45, 7) is 4.42. The highest BCUT2D eigenvalue weighted by molar-refractivity contribution is 8.00. The number of hydrogen-bond acceptors (Lipinski definition) is 6. The first-order valence-electron chi connectivity index (χ1n) is 8.82. The first-order chi connectivity index (χ1) is 13.0. The van der Waals surface area contributed by atoms with Gasteiger partial charge in [-0.2, -0.15) is 0 Å². The van der Waals surface area contributed by atoms with E-state index in [4.69, 9.17) is 16.5 Å². The number of pyridine rings is 1. The maximum Gasteiger partial charge on any atom is 0.260 e. The molecule has 2 aromatic heterocycles. The predicted molar refractivity (Wildman–Crippen MR) is 117 cm³/mol. The highest BCUT2D eigenvalue weighted by Gasteiger charge is 2.36. The number of nitrogen functional groups attached to an aromatic ring is 1. The molecule has 4 nitrogen and oxygen atoms in total. The molecule has 4 N–H and O–H groups in total. The number of carbonyl (C=O) groups excluding carboxylic acids is 1. The Labute approximate surface area is 171 Å². The molecule has 1 aliphatic heterocycles. The SMILES string of the molecule is CCc1c(SC)nc2sc(C(N)=O)c(N)c2c1C1c2ccccc2SC1C. The van der Waals surface area contributed by atoms with E-state index in [0.29, 0.717) is 15.8 Å². The minimum absolute atomic E-state index is 0.218. The van der Waals surface area contributed by atoms with E-state index in [2.05, 4.69) is 38.1 Å². The summed E-state index contributed by atoms with van der Waals surface area (Å²) in [6, 6.07) is 8.57. The molecule has 0 spiro atoms. The highest BCUT2D eigenvalue weighted by atomic mass is 32.2. The van der Waals surface area contributed by atoms with Crippen LogP contribution in [-0.4, -0.2) is 22.4 Å². The molecular weight excluding hydrogens is 394 g/mol. The average Bonchev–Trinajstić information content (AvgIpc) is 3.16. The Morgan fingerprint density at radius 1 is 1.33 bits per heavy atom. The maximum atomic E-state index is 11.9. The number of rotatable bonds is 4. The van der Waals surface area contributed by atoms with E-state index in [-0.39, 0.29) is 5.92 Å². The molecule has 7 heteroatoms. The standard InChI is InChI=1S/C20H21N3OS3/c1-4-10-14(13-9(2)26-12-8-6-5-7-11(12)13)15-16(21)17(18(22)24)27-20(15)23-19(10)25-3/h5-9,13H,4,21H2,1-3H3,(H2,22,24). The summed E-state index contributed by atoms with van der Waals surface area (Å²) < 4.78 is 0. The van der Waals surface area contributed by atoms with Crippen LogP contribution in [0.1, 0.15) is 46.1 Å². The Bertz CT molecular complexity index is 1060. The summed E-state index contributed by atoms with van der Waals surface area (Å²) in [5.74, 6) is -0.269. The molecule has 0 saturated heterocycles. The van der Waals surface area contributed by atoms with Crippen LogP contribution in [0.15, 0.2) is 34.2 Å². The van der Waals surface area contributed by atoms with Gasteiger partial charge < -0.3 is 11.5 Å². The molecule has 1 aliphatic rings. The summed E-state index contributed by atoms with van der Waals surface area (Å²) >= 11 is 4.85. The van der Waals surface area contributed by atoms with Gasteiger partial charge >= 0.3 is 0 Å². The predicted octanol–water partition coefficient (Wildman–Crippen LogP) is 4.89. The fourth-order valence-electron chi connectivity index (χ4n) is 3.99. The largest absolute Gasteiger partial charge is 0.397 e. The van der Waals surface area contributed by atoms with Crippen LogP contribution in [0.2, 0.25) is 0 Å². The van der Waals surface area contributed by atoms with Crippen molar-refractivity contribution in [3.8, 4) is 0 Å². The van der Waals surface area contributed by atoms with Crippen molar-refractivity contribution >= 4 is 56.7 Å². The maximum absolute atomic E-state index is 11.9. The molecule has 3 aromatic rings. The number of nitrogens with zero attached hydrogens (tertiary/aromatic N) is 1. The van der Waals surface area contributed by atoms with Crippen molar-refractivity contribution in [2.24, 2.45) is 5.73 Å². The molecule has 27 heavy (non-hydrogen) atoms. The molecule has 3 heterocycles. The zero-order valence-corrected chi connectivity index (χ0v) is 17.9. The first-order valence-corrected chi connectivity index (χ1v) is 11.7. The van der Waals surface area contributed by atoms with Crippen molar-refractivity contribution in [3.63, 3.8) is 0 Å². The minimum Gasteiger partial charge on any atom is -0.397 e. The number of thiophene rings is 1. The Kier molecular flexibility index (Phi) is 4.86. The number of amides is 1. The number of primary amides is 1. The van der Waals surface area contributed by atoms with Gasteiger partial charge in [-0.05, 0) is 35.4 Å². The summed E-state index contributed by atoms with van der Waals surface area (Å²) in [4.78, 5) is 19.3. The third-order valence-electron chi connectivity index (χ3n) is 5.10. The molecule has 2 atom stereocenters. The molecule has 1 amide bonds. The minimum atomic E-state index is -0.487. The van der Waals surface area contributed by atoms with Crippen molar-refractivity contribution in [2.75, 3.05) is 12.0 Å². The molecule has 4 rings (SSSR count). The Morgan fingerprint density at radius 2 is 2.07 bits per heavy atom. The Morgan fingerprint density at radius 3 is 2.74 bits per heavy atom. The summed E-state index contributed by atoms with van der Waals surface area (Å²) in [7, 11) is 0. The smallest absolute Gasteiger partial charge is 0.260 e. The van der Waals surface area contributed by atoms with Gasteiger partial charge in [0, 0.05) is 21.4 Å². The van der Waals surface area contributed by atoms with Gasteiger partial charge in [-0.1, -0.05) is 32.0 Å². The van der Waals surface area contributed by atoms with Gasteiger partial charge in [0.25, 0.3) is 5.91 Å². The third kappa shape index (κ3) is 2.83. The van der Waals surface area contributed by atoms with Gasteiger partial charge in [0.2, 0.25) is 0 Å². The number of carbonyl (C=O) groups is 1. The number of anilines is 1. The van der Waals surface area contributed by atoms with Crippen LogP contribution < -0.4 is 11.5 Å². The normalized spacial score (nSPS) is 18.8. The van der Waals surface area contributed by atoms with Gasteiger partial charge in [-0.25, -0.2) is 4.98 Å². The van der Waals surface area contributed by atoms with Crippen molar-refractivity contribution in [1.82, 2.24) is 4.98 Å². The summed E-state index contributed by atoms with van der Waals surface area (Å²) in [6.07, 6.45) is 2.91. The van der Waals surface area contributed by atoms with Crippen molar-refractivity contribution in [1.29, 1.82) is 0 Å². The summed E-state index contributed by atoms with van der Waals surface area (Å²) in [5, 5.41) is 2.31. The second kappa shape index (κ2) is 7.04. The molecule has 2 unspecified atom stereocenters. The zero-order chi connectivity index (χ0) is 19.3. The second-order valence-corrected chi connectivity index (χ2v) is 9.81. The van der Waals surface area contributed by atoms with E-state index in [1.807, 2.05) is 18.0 Å². The van der Waals surface area contributed by atoms with Gasteiger partial charge in [0.05, 0.1) is 5.69 Å². The number of hydrogen-bond donors (Lipinski definition) is 2. The van der Waals surface area contributed by atoms with Gasteiger partial charge in [-0.15, -0.1) is 34.9 Å². The van der Waals surface area contributed by atoms with E-state index < -0.39 is 5.91 Å². The van der Waals surface area contributed by atoms with Crippen LogP contribution in [0.5, 0.6) is 0 Å². The molecule has 0 radical (unpaired) electrons. The lowest BCUT2D eigenvalue weighted by Gasteiger charge is -2.23. The number of benzene rings is 1. The van der Waals surface area contributed by atoms with E-state index >= 15 is 0 Å². The second-order valence-electron chi connectivity index (χ2n) is 6.59. The molecule has 0 fully saturated rings. The molecule has 0 aliphatic carbocycles. The number of aromatic nitrogens is 1. The Balaban J connectivity index is 2.11. The van der Waals surface area contributed by atoms with E-state index in [0.717, 1.165) is 21.7 Å². The van der Waals surface area contributed by atoms with Gasteiger partial charge in [0.15, 0.2) is 0 Å². The van der Waals surface area contributed by atoms with Crippen LogP contribution in [0, 0.1) is 0 Å². The quantitative estimate of drug-likeness (QED) is 0.593. The zero-order valence-electron chi connectivity index (χ0n) is 15.4. The van der Waals surface area contributed by atoms with Crippen molar-refractivity contribution in [2.45, 2.75) is 41.4 Å². The van der Waals surface area contributed by atoms with Crippen molar-refractivity contribution < 1.29 is 4.79 Å². The molecule has 140 valence electrons.